The number of carbonyl (C=O) groups excluding carboxylic acids is 4. The smallest absolute Gasteiger partial charge is 0.457 e. The highest BCUT2D eigenvalue weighted by Crippen LogP contribution is 2.75. The van der Waals surface area contributed by atoms with Gasteiger partial charge in [-0.15, -0.1) is 0 Å². The zero-order valence-corrected chi connectivity index (χ0v) is 38.3. The molecule has 1 aromatic heterocycles. The van der Waals surface area contributed by atoms with E-state index in [1.165, 1.54) is 0 Å². The fraction of sp³-hybridized carbons (Fsp3) is 0.596. The molecule has 344 valence electrons. The Morgan fingerprint density at radius 3 is 2.02 bits per heavy atom. The van der Waals surface area contributed by atoms with Crippen molar-refractivity contribution in [3.05, 3.63) is 106 Å². The Kier molecular flexibility index (Phi) is 11.6. The zero-order chi connectivity index (χ0) is 46.2. The van der Waals surface area contributed by atoms with Crippen molar-refractivity contribution >= 4 is 23.7 Å². The molecule has 5 aliphatic carbocycles. The predicted octanol–water partition coefficient (Wildman–Crippen LogP) is 10.9. The molecule has 0 spiro atoms. The highest BCUT2D eigenvalue weighted by atomic mass is 19.3. The fourth-order valence-electron chi connectivity index (χ4n) is 13.7. The Bertz CT molecular complexity index is 2350. The molecule has 4 fully saturated rings. The summed E-state index contributed by atoms with van der Waals surface area (Å²) in [6.07, 6.45) is 1.70. The lowest BCUT2D eigenvalue weighted by Crippen LogP contribution is -2.68. The predicted molar refractivity (Wildman–Crippen MR) is 232 cm³/mol. The maximum atomic E-state index is 15.2. The molecule has 10 nitrogen and oxygen atoms in total. The Balaban J connectivity index is 1.12. The van der Waals surface area contributed by atoms with Crippen LogP contribution in [0.1, 0.15) is 148 Å². The lowest BCUT2D eigenvalue weighted by atomic mass is 9.33. The van der Waals surface area contributed by atoms with E-state index in [0.717, 1.165) is 36.0 Å². The number of halogens is 2. The van der Waals surface area contributed by atoms with E-state index in [-0.39, 0.29) is 46.9 Å². The van der Waals surface area contributed by atoms with Crippen molar-refractivity contribution in [2.75, 3.05) is 0 Å². The summed E-state index contributed by atoms with van der Waals surface area (Å²) in [5, 5.41) is 0. The number of fused-ring (bicyclic) bond motifs is 7. The van der Waals surface area contributed by atoms with Crippen molar-refractivity contribution in [1.29, 1.82) is 0 Å². The molecule has 2 aromatic carbocycles. The summed E-state index contributed by atoms with van der Waals surface area (Å²) in [4.78, 5) is 69.1. The first kappa shape index (κ1) is 45.7. The molecule has 64 heavy (non-hydrogen) atoms. The number of hydrogen-bond acceptors (Lipinski definition) is 10. The van der Waals surface area contributed by atoms with Gasteiger partial charge in [-0.05, 0) is 122 Å². The quantitative estimate of drug-likeness (QED) is 0.143. The highest BCUT2D eigenvalue weighted by Gasteiger charge is 2.72. The Morgan fingerprint density at radius 1 is 0.781 bits per heavy atom. The van der Waals surface area contributed by atoms with Crippen LogP contribution >= 0.6 is 0 Å². The van der Waals surface area contributed by atoms with Crippen LogP contribution in [0.2, 0.25) is 0 Å². The number of benzene rings is 2. The summed E-state index contributed by atoms with van der Waals surface area (Å²) in [6.45, 7) is 15.5. The number of rotatable bonds is 10. The molecule has 5 aliphatic rings. The molecule has 0 bridgehead atoms. The monoisotopic (exact) mass is 884 g/mol. The average Bonchev–Trinajstić information content (AvgIpc) is 3.65. The second kappa shape index (κ2) is 16.2. The van der Waals surface area contributed by atoms with Crippen molar-refractivity contribution in [1.82, 2.24) is 0 Å². The first-order valence-electron chi connectivity index (χ1n) is 23.0. The molecule has 12 heteroatoms. The number of esters is 3. The van der Waals surface area contributed by atoms with Crippen molar-refractivity contribution in [2.45, 2.75) is 144 Å². The Hall–Kier alpha value is -4.87. The number of ether oxygens (including phenoxy) is 3. The molecule has 10 atom stereocenters. The van der Waals surface area contributed by atoms with Gasteiger partial charge < -0.3 is 23.0 Å². The van der Waals surface area contributed by atoms with Gasteiger partial charge in [0, 0.05) is 11.8 Å². The van der Waals surface area contributed by atoms with Gasteiger partial charge in [0.05, 0.1) is 5.41 Å². The third kappa shape index (κ3) is 7.20. The molecule has 0 N–H and O–H groups in total. The second-order valence-corrected chi connectivity index (χ2v) is 21.4. The number of allylic oxidation sites excluding steroid dienone is 2. The van der Waals surface area contributed by atoms with E-state index in [9.17, 15) is 28.0 Å². The van der Waals surface area contributed by atoms with Crippen LogP contribution in [0.4, 0.5) is 8.78 Å². The van der Waals surface area contributed by atoms with E-state index in [1.54, 1.807) is 20.8 Å². The SMILES string of the molecule is CC(C)c1oc(=O)oc1COC(=O)[C@]1(C)[C@@H](OC(=O)C(F)F)CC[C@@]2(C)[C@H]1CC[C@]1(C)[C@@H]2C(=O)C=C2[C@@H]3C[C@@](C)(C(=O)OC(c4ccccc4)c4ccccc4)CC[C@]3(C)CC[C@]21C. The van der Waals surface area contributed by atoms with Crippen LogP contribution in [0.15, 0.2) is 85.9 Å². The summed E-state index contributed by atoms with van der Waals surface area (Å²) < 4.78 is 55.8. The van der Waals surface area contributed by atoms with E-state index in [1.807, 2.05) is 80.6 Å². The van der Waals surface area contributed by atoms with Crippen molar-refractivity contribution < 1.29 is 51.0 Å². The van der Waals surface area contributed by atoms with Crippen molar-refractivity contribution in [2.24, 2.45) is 50.2 Å². The topological polar surface area (TPSA) is 139 Å². The van der Waals surface area contributed by atoms with E-state index in [4.69, 9.17) is 23.0 Å². The Morgan fingerprint density at radius 2 is 1.41 bits per heavy atom. The van der Waals surface area contributed by atoms with Gasteiger partial charge in [-0.1, -0.05) is 108 Å². The molecule has 0 saturated heterocycles. The minimum atomic E-state index is -3.41. The minimum absolute atomic E-state index is 0.0319. The van der Waals surface area contributed by atoms with E-state index < -0.39 is 81.9 Å². The molecule has 4 saturated carbocycles. The average molecular weight is 885 g/mol. The van der Waals surface area contributed by atoms with Crippen LogP contribution in [0.25, 0.3) is 0 Å². The Labute approximate surface area is 373 Å². The van der Waals surface area contributed by atoms with Crippen LogP contribution < -0.4 is 5.82 Å². The van der Waals surface area contributed by atoms with E-state index >= 15 is 4.79 Å². The molecule has 1 heterocycles. The fourth-order valence-corrected chi connectivity index (χ4v) is 13.7. The molecule has 8 rings (SSSR count). The summed E-state index contributed by atoms with van der Waals surface area (Å²) in [5.74, 6) is -5.03. The summed E-state index contributed by atoms with van der Waals surface area (Å²) >= 11 is 0. The number of carbonyl (C=O) groups is 4. The summed E-state index contributed by atoms with van der Waals surface area (Å²) in [5.41, 5.74) is -1.62. The van der Waals surface area contributed by atoms with Crippen LogP contribution in [-0.2, 0) is 40.0 Å². The second-order valence-electron chi connectivity index (χ2n) is 21.4. The van der Waals surface area contributed by atoms with E-state index in [0.29, 0.717) is 32.1 Å². The van der Waals surface area contributed by atoms with Gasteiger partial charge in [-0.2, -0.15) is 8.78 Å². The lowest BCUT2D eigenvalue weighted by molar-refractivity contribution is -0.227. The van der Waals surface area contributed by atoms with Crippen molar-refractivity contribution in [3.8, 4) is 0 Å². The van der Waals surface area contributed by atoms with Gasteiger partial charge >= 0.3 is 30.2 Å². The molecule has 0 unspecified atom stereocenters. The molecule has 3 aromatic rings. The standard InChI is InChI=1S/C52H62F2O10/c1-30(2)39-36(61-46(59)64-39)29-60-45(58)52(8)37-19-22-51(7)41(49(37,5)21-20-38(52)62-43(56)42(53)54)35(55)27-33-34-28-48(4,24-23-47(34,3)25-26-50(33,51)6)44(57)63-40(31-15-11-9-12-16-31)32-17-13-10-14-18-32/h9-18,27,30,34,37-38,40-42H,19-26,28-29H2,1-8H3/t34-,37+,38-,41+,47+,48-,49-,50+,51+,52-/m0/s1. The van der Waals surface area contributed by atoms with Crippen LogP contribution in [0, 0.1) is 50.2 Å². The maximum absolute atomic E-state index is 15.2. The summed E-state index contributed by atoms with van der Waals surface area (Å²) in [6, 6.07) is 19.5. The highest BCUT2D eigenvalue weighted by molar-refractivity contribution is 5.96. The first-order chi connectivity index (χ1) is 30.1. The van der Waals surface area contributed by atoms with Gasteiger partial charge in [0.1, 0.15) is 11.5 Å². The third-order valence-electron chi connectivity index (χ3n) is 17.5. The molecular formula is C52H62F2O10. The van der Waals surface area contributed by atoms with Crippen molar-refractivity contribution in [3.63, 3.8) is 0 Å². The van der Waals surface area contributed by atoms with E-state index in [2.05, 4.69) is 20.8 Å². The normalized spacial score (nSPS) is 35.7. The number of hydrogen-bond donors (Lipinski definition) is 0. The maximum Gasteiger partial charge on any atom is 0.519 e. The van der Waals surface area contributed by atoms with Crippen LogP contribution in [0.3, 0.4) is 0 Å². The minimum Gasteiger partial charge on any atom is -0.457 e. The van der Waals surface area contributed by atoms with Crippen LogP contribution in [-0.4, -0.2) is 36.2 Å². The van der Waals surface area contributed by atoms with Crippen LogP contribution in [0.5, 0.6) is 0 Å². The first-order valence-corrected chi connectivity index (χ1v) is 23.0. The molecule has 0 amide bonds. The van der Waals surface area contributed by atoms with Gasteiger partial charge in [0.15, 0.2) is 30.0 Å². The molecule has 0 aliphatic heterocycles. The molecule has 0 radical (unpaired) electrons. The van der Waals surface area contributed by atoms with Gasteiger partial charge in [-0.25, -0.2) is 9.59 Å². The van der Waals surface area contributed by atoms with Gasteiger partial charge in [-0.3, -0.25) is 14.4 Å². The molecular weight excluding hydrogens is 823 g/mol. The largest absolute Gasteiger partial charge is 0.519 e. The zero-order valence-electron chi connectivity index (χ0n) is 38.3. The number of alkyl halides is 2. The van der Waals surface area contributed by atoms with Gasteiger partial charge in [0.25, 0.3) is 0 Å². The lowest BCUT2D eigenvalue weighted by Gasteiger charge is -2.70. The third-order valence-corrected chi connectivity index (χ3v) is 17.5. The summed E-state index contributed by atoms with van der Waals surface area (Å²) in [7, 11) is 0. The number of ketones is 1. The van der Waals surface area contributed by atoms with Gasteiger partial charge in [0.2, 0.25) is 0 Å².